The molecule has 1 aromatic carbocycles. The van der Waals surface area contributed by atoms with Crippen molar-refractivity contribution >= 4 is 17.6 Å². The summed E-state index contributed by atoms with van der Waals surface area (Å²) in [6.45, 7) is 6.34. The van der Waals surface area contributed by atoms with Crippen molar-refractivity contribution in [3.8, 4) is 0 Å². The van der Waals surface area contributed by atoms with Gasteiger partial charge in [0.25, 0.3) is 0 Å². The van der Waals surface area contributed by atoms with Gasteiger partial charge in [0.2, 0.25) is 5.91 Å². The number of ether oxygens (including phenoxy) is 1. The van der Waals surface area contributed by atoms with Gasteiger partial charge in [0.1, 0.15) is 0 Å². The first-order chi connectivity index (χ1) is 13.2. The van der Waals surface area contributed by atoms with Crippen LogP contribution in [0.2, 0.25) is 0 Å². The van der Waals surface area contributed by atoms with Crippen molar-refractivity contribution < 1.29 is 9.53 Å². The number of hydrogen-bond acceptors (Lipinski definition) is 3. The number of guanidine groups is 1. The zero-order valence-electron chi connectivity index (χ0n) is 16.5. The highest BCUT2D eigenvalue weighted by atomic mass is 16.5. The molecular formula is C21H32N4O2. The van der Waals surface area contributed by atoms with E-state index in [9.17, 15) is 4.79 Å². The Bertz CT molecular complexity index is 657. The van der Waals surface area contributed by atoms with Crippen LogP contribution in [-0.4, -0.2) is 50.1 Å². The lowest BCUT2D eigenvalue weighted by Crippen LogP contribution is -2.40. The van der Waals surface area contributed by atoms with E-state index in [0.29, 0.717) is 12.5 Å². The smallest absolute Gasteiger partial charge is 0.227 e. The first kappa shape index (κ1) is 19.7. The van der Waals surface area contributed by atoms with Crippen molar-refractivity contribution in [2.24, 2.45) is 16.8 Å². The van der Waals surface area contributed by atoms with Gasteiger partial charge in [-0.1, -0.05) is 18.6 Å². The van der Waals surface area contributed by atoms with Gasteiger partial charge in [-0.3, -0.25) is 4.79 Å². The molecule has 1 heterocycles. The van der Waals surface area contributed by atoms with Gasteiger partial charge in [-0.05, 0) is 43.9 Å². The number of benzene rings is 1. The van der Waals surface area contributed by atoms with E-state index in [0.717, 1.165) is 62.7 Å². The number of likely N-dealkylation sites (tertiary alicyclic amines) is 1. The molecule has 2 N–H and O–H groups in total. The molecule has 1 atom stereocenters. The van der Waals surface area contributed by atoms with E-state index in [2.05, 4.69) is 28.5 Å². The standard InChI is InChI=1S/C21H32N4O2/c1-3-22-21(25-11-10-17(14-25)15-27-2)23-13-16-6-4-9-19(12-16)24-20(26)18-7-5-8-18/h4,6,9,12,17-18H,3,5,7-8,10-11,13-15H2,1-2H3,(H,22,23)(H,24,26). The third-order valence-corrected chi connectivity index (χ3v) is 5.40. The summed E-state index contributed by atoms with van der Waals surface area (Å²) in [5.74, 6) is 1.88. The zero-order valence-corrected chi connectivity index (χ0v) is 16.5. The molecule has 6 nitrogen and oxygen atoms in total. The molecule has 1 aromatic rings. The lowest BCUT2D eigenvalue weighted by atomic mass is 9.85. The summed E-state index contributed by atoms with van der Waals surface area (Å²) in [6.07, 6.45) is 4.34. The fourth-order valence-corrected chi connectivity index (χ4v) is 3.65. The lowest BCUT2D eigenvalue weighted by Gasteiger charge is -2.24. The Morgan fingerprint density at radius 2 is 2.19 bits per heavy atom. The summed E-state index contributed by atoms with van der Waals surface area (Å²) in [5.41, 5.74) is 1.97. The second kappa shape index (κ2) is 9.74. The summed E-state index contributed by atoms with van der Waals surface area (Å²) >= 11 is 0. The number of nitrogens with one attached hydrogen (secondary N) is 2. The average Bonchev–Trinajstić information content (AvgIpc) is 3.06. The lowest BCUT2D eigenvalue weighted by molar-refractivity contribution is -0.122. The van der Waals surface area contributed by atoms with E-state index in [1.165, 1.54) is 6.42 Å². The molecule has 6 heteroatoms. The number of amides is 1. The molecule has 1 unspecified atom stereocenters. The predicted molar refractivity (Wildman–Crippen MR) is 109 cm³/mol. The Balaban J connectivity index is 1.60. The predicted octanol–water partition coefficient (Wildman–Crippen LogP) is 2.86. The number of hydrogen-bond donors (Lipinski definition) is 2. The molecule has 3 rings (SSSR count). The van der Waals surface area contributed by atoms with Gasteiger partial charge < -0.3 is 20.3 Å². The molecule has 1 saturated carbocycles. The van der Waals surface area contributed by atoms with Crippen molar-refractivity contribution in [1.82, 2.24) is 10.2 Å². The Hall–Kier alpha value is -2.08. The van der Waals surface area contributed by atoms with Crippen LogP contribution in [0, 0.1) is 11.8 Å². The van der Waals surface area contributed by atoms with E-state index >= 15 is 0 Å². The number of anilines is 1. The highest BCUT2D eigenvalue weighted by Crippen LogP contribution is 2.27. The summed E-state index contributed by atoms with van der Waals surface area (Å²) in [6, 6.07) is 8.02. The monoisotopic (exact) mass is 372 g/mol. The van der Waals surface area contributed by atoms with Crippen molar-refractivity contribution in [2.45, 2.75) is 39.2 Å². The number of carbonyl (C=O) groups excluding carboxylic acids is 1. The highest BCUT2D eigenvalue weighted by Gasteiger charge is 2.25. The van der Waals surface area contributed by atoms with Crippen LogP contribution in [0.3, 0.4) is 0 Å². The molecule has 0 bridgehead atoms. The minimum Gasteiger partial charge on any atom is -0.384 e. The third kappa shape index (κ3) is 5.45. The normalized spacial score (nSPS) is 20.4. The Morgan fingerprint density at radius 1 is 1.33 bits per heavy atom. The fraction of sp³-hybridized carbons (Fsp3) is 0.619. The topological polar surface area (TPSA) is 66.0 Å². The maximum atomic E-state index is 12.1. The molecule has 148 valence electrons. The third-order valence-electron chi connectivity index (χ3n) is 5.40. The minimum atomic E-state index is 0.150. The van der Waals surface area contributed by atoms with E-state index in [1.54, 1.807) is 7.11 Å². The summed E-state index contributed by atoms with van der Waals surface area (Å²) in [4.78, 5) is 19.3. The number of aliphatic imine (C=N–C) groups is 1. The van der Waals surface area contributed by atoms with E-state index in [1.807, 2.05) is 18.2 Å². The fourth-order valence-electron chi connectivity index (χ4n) is 3.65. The number of nitrogens with zero attached hydrogens (tertiary/aromatic N) is 2. The number of methoxy groups -OCH3 is 1. The van der Waals surface area contributed by atoms with Crippen molar-refractivity contribution in [2.75, 3.05) is 38.7 Å². The Kier molecular flexibility index (Phi) is 7.10. The van der Waals surface area contributed by atoms with Gasteiger partial charge in [-0.25, -0.2) is 4.99 Å². The molecule has 1 aliphatic heterocycles. The van der Waals surface area contributed by atoms with Crippen LogP contribution < -0.4 is 10.6 Å². The van der Waals surface area contributed by atoms with E-state index in [-0.39, 0.29) is 11.8 Å². The van der Waals surface area contributed by atoms with E-state index in [4.69, 9.17) is 9.73 Å². The second-order valence-electron chi connectivity index (χ2n) is 7.54. The molecule has 0 radical (unpaired) electrons. The largest absolute Gasteiger partial charge is 0.384 e. The van der Waals surface area contributed by atoms with Crippen molar-refractivity contribution in [3.63, 3.8) is 0 Å². The molecule has 1 saturated heterocycles. The first-order valence-corrected chi connectivity index (χ1v) is 10.1. The Morgan fingerprint density at radius 3 is 2.89 bits per heavy atom. The molecule has 0 spiro atoms. The van der Waals surface area contributed by atoms with Crippen LogP contribution in [0.5, 0.6) is 0 Å². The molecule has 27 heavy (non-hydrogen) atoms. The molecule has 1 amide bonds. The molecule has 0 aromatic heterocycles. The van der Waals surface area contributed by atoms with Crippen molar-refractivity contribution in [3.05, 3.63) is 29.8 Å². The summed E-state index contributed by atoms with van der Waals surface area (Å²) < 4.78 is 5.30. The molecule has 2 fully saturated rings. The molecule has 1 aliphatic carbocycles. The quantitative estimate of drug-likeness (QED) is 0.571. The maximum absolute atomic E-state index is 12.1. The van der Waals surface area contributed by atoms with Gasteiger partial charge in [-0.2, -0.15) is 0 Å². The van der Waals surface area contributed by atoms with Gasteiger partial charge >= 0.3 is 0 Å². The van der Waals surface area contributed by atoms with Crippen LogP contribution in [0.4, 0.5) is 5.69 Å². The van der Waals surface area contributed by atoms with Gasteiger partial charge in [0.15, 0.2) is 5.96 Å². The van der Waals surface area contributed by atoms with Crippen LogP contribution in [0.25, 0.3) is 0 Å². The van der Waals surface area contributed by atoms with Crippen LogP contribution in [0.1, 0.15) is 38.2 Å². The zero-order chi connectivity index (χ0) is 19.1. The molecular weight excluding hydrogens is 340 g/mol. The van der Waals surface area contributed by atoms with Crippen LogP contribution in [-0.2, 0) is 16.1 Å². The van der Waals surface area contributed by atoms with Crippen LogP contribution in [0.15, 0.2) is 29.3 Å². The van der Waals surface area contributed by atoms with Crippen LogP contribution >= 0.6 is 0 Å². The van der Waals surface area contributed by atoms with Gasteiger partial charge in [0, 0.05) is 44.3 Å². The number of rotatable bonds is 7. The van der Waals surface area contributed by atoms with Gasteiger partial charge in [0.05, 0.1) is 13.2 Å². The van der Waals surface area contributed by atoms with Crippen molar-refractivity contribution in [1.29, 1.82) is 0 Å². The minimum absolute atomic E-state index is 0.150. The van der Waals surface area contributed by atoms with E-state index < -0.39 is 0 Å². The number of carbonyl (C=O) groups is 1. The average molecular weight is 373 g/mol. The summed E-state index contributed by atoms with van der Waals surface area (Å²) in [7, 11) is 1.76. The highest BCUT2D eigenvalue weighted by molar-refractivity contribution is 5.93. The van der Waals surface area contributed by atoms with Gasteiger partial charge in [-0.15, -0.1) is 0 Å². The first-order valence-electron chi connectivity index (χ1n) is 10.1. The SMILES string of the molecule is CCNC(=NCc1cccc(NC(=O)C2CCC2)c1)N1CCC(COC)C1. The Labute approximate surface area is 162 Å². The maximum Gasteiger partial charge on any atom is 0.227 e. The second-order valence-corrected chi connectivity index (χ2v) is 7.54. The summed E-state index contributed by atoms with van der Waals surface area (Å²) in [5, 5.41) is 6.44. The molecule has 2 aliphatic rings.